The molecule has 0 N–H and O–H groups in total. The van der Waals surface area contributed by atoms with Gasteiger partial charge in [-0.3, -0.25) is 4.99 Å². The first-order valence-electron chi connectivity index (χ1n) is 9.16. The third-order valence-electron chi connectivity index (χ3n) is 4.58. The van der Waals surface area contributed by atoms with E-state index in [4.69, 9.17) is 21.1 Å². The van der Waals surface area contributed by atoms with Crippen molar-refractivity contribution in [3.63, 3.8) is 0 Å². The molecule has 0 heterocycles. The Kier molecular flexibility index (Phi) is 7.52. The largest absolute Gasteiger partial charge is 0.493 e. The molecule has 0 radical (unpaired) electrons. The van der Waals surface area contributed by atoms with Gasteiger partial charge in [-0.2, -0.15) is 0 Å². The summed E-state index contributed by atoms with van der Waals surface area (Å²) in [7, 11) is 1.61. The number of benzene rings is 2. The van der Waals surface area contributed by atoms with E-state index in [0.29, 0.717) is 22.4 Å². The van der Waals surface area contributed by atoms with Crippen molar-refractivity contribution in [1.82, 2.24) is 0 Å². The molecular weight excluding hydrogens is 346 g/mol. The molecule has 0 saturated carbocycles. The average Bonchev–Trinajstić information content (AvgIpc) is 2.67. The standard InChI is InChI=1S/C22H28ClNO2/c1-6-15(3)18-8-10-19(11-9-18)24-14-17-12-20(23)22(21(13-17)25-5)26-16(4)7-2/h8-16H,6-7H2,1-5H3/t15-,16-/m1/s1. The van der Waals surface area contributed by atoms with Gasteiger partial charge in [0.2, 0.25) is 0 Å². The molecule has 0 spiro atoms. The lowest BCUT2D eigenvalue weighted by atomic mass is 9.99. The molecule has 0 unspecified atom stereocenters. The van der Waals surface area contributed by atoms with E-state index >= 15 is 0 Å². The Balaban J connectivity index is 2.21. The number of rotatable bonds is 8. The summed E-state index contributed by atoms with van der Waals surface area (Å²) in [4.78, 5) is 4.55. The molecule has 2 atom stereocenters. The van der Waals surface area contributed by atoms with Gasteiger partial charge in [0.15, 0.2) is 11.5 Å². The smallest absolute Gasteiger partial charge is 0.180 e. The lowest BCUT2D eigenvalue weighted by Crippen LogP contribution is -2.11. The molecule has 2 aromatic carbocycles. The summed E-state index contributed by atoms with van der Waals surface area (Å²) in [5.74, 6) is 1.76. The van der Waals surface area contributed by atoms with Crippen LogP contribution in [0.2, 0.25) is 5.02 Å². The molecule has 0 saturated heterocycles. The molecule has 0 amide bonds. The molecule has 0 aliphatic carbocycles. The van der Waals surface area contributed by atoms with Crippen molar-refractivity contribution in [1.29, 1.82) is 0 Å². The van der Waals surface area contributed by atoms with Gasteiger partial charge in [-0.05, 0) is 61.1 Å². The predicted octanol–water partition coefficient (Wildman–Crippen LogP) is 6.79. The minimum Gasteiger partial charge on any atom is -0.493 e. The van der Waals surface area contributed by atoms with Crippen molar-refractivity contribution in [3.05, 3.63) is 52.5 Å². The summed E-state index contributed by atoms with van der Waals surface area (Å²) in [6, 6.07) is 12.1. The Morgan fingerprint density at radius 3 is 2.35 bits per heavy atom. The van der Waals surface area contributed by atoms with E-state index in [1.165, 1.54) is 5.56 Å². The fraction of sp³-hybridized carbons (Fsp3) is 0.409. The van der Waals surface area contributed by atoms with Gasteiger partial charge in [-0.25, -0.2) is 0 Å². The molecule has 2 rings (SSSR count). The van der Waals surface area contributed by atoms with Gasteiger partial charge in [0.25, 0.3) is 0 Å². The van der Waals surface area contributed by atoms with Crippen LogP contribution in [0.5, 0.6) is 11.5 Å². The predicted molar refractivity (Wildman–Crippen MR) is 111 cm³/mol. The van der Waals surface area contributed by atoms with Gasteiger partial charge in [-0.15, -0.1) is 0 Å². The molecule has 140 valence electrons. The van der Waals surface area contributed by atoms with Crippen LogP contribution in [0.3, 0.4) is 0 Å². The molecule has 26 heavy (non-hydrogen) atoms. The van der Waals surface area contributed by atoms with Crippen molar-refractivity contribution in [2.24, 2.45) is 4.99 Å². The Labute approximate surface area is 162 Å². The van der Waals surface area contributed by atoms with Crippen molar-refractivity contribution >= 4 is 23.5 Å². The molecular formula is C22H28ClNO2. The average molecular weight is 374 g/mol. The first-order valence-corrected chi connectivity index (χ1v) is 9.54. The van der Waals surface area contributed by atoms with Gasteiger partial charge in [0, 0.05) is 6.21 Å². The zero-order valence-corrected chi connectivity index (χ0v) is 17.0. The monoisotopic (exact) mass is 373 g/mol. The quantitative estimate of drug-likeness (QED) is 0.477. The van der Waals surface area contributed by atoms with Crippen LogP contribution in [-0.4, -0.2) is 19.4 Å². The van der Waals surface area contributed by atoms with Gasteiger partial charge < -0.3 is 9.47 Å². The SMILES string of the molecule is CC[C@@H](C)Oc1c(Cl)cc(C=Nc2ccc([C@H](C)CC)cc2)cc1OC. The van der Waals surface area contributed by atoms with Gasteiger partial charge in [-0.1, -0.05) is 44.5 Å². The topological polar surface area (TPSA) is 30.8 Å². The van der Waals surface area contributed by atoms with E-state index in [1.807, 2.05) is 31.2 Å². The van der Waals surface area contributed by atoms with Crippen LogP contribution >= 0.6 is 11.6 Å². The van der Waals surface area contributed by atoms with E-state index in [9.17, 15) is 0 Å². The summed E-state index contributed by atoms with van der Waals surface area (Å²) in [5.41, 5.74) is 3.11. The van der Waals surface area contributed by atoms with Crippen molar-refractivity contribution in [3.8, 4) is 11.5 Å². The first-order chi connectivity index (χ1) is 12.5. The molecule has 2 aromatic rings. The molecule has 0 fully saturated rings. The lowest BCUT2D eigenvalue weighted by molar-refractivity contribution is 0.208. The van der Waals surface area contributed by atoms with Crippen LogP contribution in [0.25, 0.3) is 0 Å². The molecule has 0 aliphatic heterocycles. The van der Waals surface area contributed by atoms with Crippen molar-refractivity contribution in [2.75, 3.05) is 7.11 Å². The van der Waals surface area contributed by atoms with Crippen LogP contribution in [0.15, 0.2) is 41.4 Å². The lowest BCUT2D eigenvalue weighted by Gasteiger charge is -2.17. The molecule has 0 bridgehead atoms. The molecule has 0 aromatic heterocycles. The number of aliphatic imine (C=N–C) groups is 1. The number of ether oxygens (including phenoxy) is 2. The van der Waals surface area contributed by atoms with Crippen molar-refractivity contribution in [2.45, 2.75) is 52.6 Å². The summed E-state index contributed by atoms with van der Waals surface area (Å²) in [5, 5.41) is 0.526. The first kappa shape index (κ1) is 20.3. The van der Waals surface area contributed by atoms with E-state index in [2.05, 4.69) is 37.9 Å². The third-order valence-corrected chi connectivity index (χ3v) is 4.86. The maximum absolute atomic E-state index is 6.40. The van der Waals surface area contributed by atoms with Gasteiger partial charge in [0.1, 0.15) is 0 Å². The molecule has 4 heteroatoms. The summed E-state index contributed by atoms with van der Waals surface area (Å²) < 4.78 is 11.3. The summed E-state index contributed by atoms with van der Waals surface area (Å²) >= 11 is 6.40. The highest BCUT2D eigenvalue weighted by Gasteiger charge is 2.14. The maximum atomic E-state index is 6.40. The van der Waals surface area contributed by atoms with Crippen LogP contribution < -0.4 is 9.47 Å². The fourth-order valence-corrected chi connectivity index (χ4v) is 2.75. The van der Waals surface area contributed by atoms with Crippen LogP contribution in [-0.2, 0) is 0 Å². The minimum atomic E-state index is 0.0740. The number of methoxy groups -OCH3 is 1. The second-order valence-electron chi connectivity index (χ2n) is 6.53. The summed E-state index contributed by atoms with van der Waals surface area (Å²) in [6.45, 7) is 8.50. The number of hydrogen-bond donors (Lipinski definition) is 0. The van der Waals surface area contributed by atoms with E-state index in [1.54, 1.807) is 13.3 Å². The highest BCUT2D eigenvalue weighted by Crippen LogP contribution is 2.37. The Morgan fingerprint density at radius 2 is 1.77 bits per heavy atom. The summed E-state index contributed by atoms with van der Waals surface area (Å²) in [6.07, 6.45) is 3.89. The number of hydrogen-bond acceptors (Lipinski definition) is 3. The zero-order chi connectivity index (χ0) is 19.1. The zero-order valence-electron chi connectivity index (χ0n) is 16.3. The van der Waals surface area contributed by atoms with Crippen LogP contribution in [0.1, 0.15) is 57.6 Å². The normalized spacial score (nSPS) is 13.6. The second-order valence-corrected chi connectivity index (χ2v) is 6.94. The number of halogens is 1. The van der Waals surface area contributed by atoms with Crippen molar-refractivity contribution < 1.29 is 9.47 Å². The molecule has 3 nitrogen and oxygen atoms in total. The van der Waals surface area contributed by atoms with Gasteiger partial charge >= 0.3 is 0 Å². The molecule has 0 aliphatic rings. The fourth-order valence-electron chi connectivity index (χ4n) is 2.49. The number of nitrogens with zero attached hydrogens (tertiary/aromatic N) is 1. The maximum Gasteiger partial charge on any atom is 0.180 e. The van der Waals surface area contributed by atoms with Crippen LogP contribution in [0.4, 0.5) is 5.69 Å². The second kappa shape index (κ2) is 9.63. The highest BCUT2D eigenvalue weighted by molar-refractivity contribution is 6.32. The van der Waals surface area contributed by atoms with E-state index in [-0.39, 0.29) is 6.10 Å². The highest BCUT2D eigenvalue weighted by atomic mass is 35.5. The van der Waals surface area contributed by atoms with E-state index < -0.39 is 0 Å². The Bertz CT molecular complexity index is 741. The van der Waals surface area contributed by atoms with Gasteiger partial charge in [0.05, 0.1) is 23.9 Å². The van der Waals surface area contributed by atoms with E-state index in [0.717, 1.165) is 24.1 Å². The van der Waals surface area contributed by atoms with Crippen LogP contribution in [0, 0.1) is 0 Å². The Morgan fingerprint density at radius 1 is 1.08 bits per heavy atom. The third kappa shape index (κ3) is 5.25. The Hall–Kier alpha value is -2.00. The minimum absolute atomic E-state index is 0.0740.